The Morgan fingerprint density at radius 1 is 0.517 bits per heavy atom. The van der Waals surface area contributed by atoms with Gasteiger partial charge in [-0.05, 0) is 107 Å². The Morgan fingerprint density at radius 3 is 1.43 bits per heavy atom. The number of primary amides is 2. The second-order valence-corrected chi connectivity index (χ2v) is 34.0. The summed E-state index contributed by atoms with van der Waals surface area (Å²) >= 11 is 6.27. The van der Waals surface area contributed by atoms with Gasteiger partial charge in [-0.3, -0.25) is 63.2 Å². The van der Waals surface area contributed by atoms with Crippen molar-refractivity contribution in [1.82, 2.24) is 67.9 Å². The monoisotopic (exact) mass is 1720 g/mol. The number of hydrogen-bond donors (Lipinski definition) is 17. The van der Waals surface area contributed by atoms with Crippen LogP contribution >= 0.6 is 11.6 Å². The van der Waals surface area contributed by atoms with Gasteiger partial charge < -0.3 is 85.1 Å². The number of aliphatic hydroxyl groups is 1. The molecule has 8 rings (SSSR count). The molecule has 22 N–H and O–H groups in total. The minimum Gasteiger partial charge on any atom is -0.394 e. The molecule has 6 aromatic rings. The molecule has 0 aromatic heterocycles. The summed E-state index contributed by atoms with van der Waals surface area (Å²) in [6.45, 7) is 6.54. The summed E-state index contributed by atoms with van der Waals surface area (Å²) in [5, 5.41) is 58.3. The molecule has 2 saturated heterocycles. The van der Waals surface area contributed by atoms with Crippen LogP contribution in [-0.2, 0) is 118 Å². The number of halogens is 1. The molecule has 0 saturated carbocycles. The number of carbonyl (C=O) groups is 11. The molecule has 10 atom stereocenters. The van der Waals surface area contributed by atoms with E-state index in [4.69, 9.17) is 49.2 Å². The Morgan fingerprint density at radius 2 is 0.942 bits per heavy atom. The predicted octanol–water partition coefficient (Wildman–Crippen LogP) is -1.15. The van der Waals surface area contributed by atoms with Crippen LogP contribution in [0.15, 0.2) is 146 Å². The molecule has 2 heterocycles. The van der Waals surface area contributed by atoms with Crippen LogP contribution in [0.1, 0.15) is 91.8 Å². The quantitative estimate of drug-likeness (QED) is 0.0122. The Labute approximate surface area is 701 Å². The number of guanidine groups is 1. The summed E-state index contributed by atoms with van der Waals surface area (Å²) in [5.74, 6) is -11.5. The number of sulfonamides is 2. The minimum atomic E-state index is -4.29. The molecular formula is C81H108ClN19O17S2. The van der Waals surface area contributed by atoms with E-state index in [-0.39, 0.29) is 82.9 Å². The Bertz CT molecular complexity index is 4770. The van der Waals surface area contributed by atoms with Crippen LogP contribution in [0.2, 0.25) is 5.02 Å². The van der Waals surface area contributed by atoms with Crippen LogP contribution in [-0.4, -0.2) is 226 Å². The molecule has 12 amide bonds. The van der Waals surface area contributed by atoms with E-state index in [1.165, 1.54) is 36.1 Å². The molecule has 0 spiro atoms. The average molecular weight is 1720 g/mol. The molecule has 0 aliphatic carbocycles. The molecular weight excluding hydrogens is 1610 g/mol. The number of likely N-dealkylation sites (tertiary alicyclic amines) is 1. The number of benzene rings is 6. The first-order valence-electron chi connectivity index (χ1n) is 39.2. The SMILES string of the molecule is CC(C)C[C@H](NC(=O)[C@@H](Cc1ccc(CN(CS(N)(=O)=O)CS(N)(=O)=O)cc1)NC(=O)[C@H](Cc1ccc(CN2CCOCC2)cc1)NC(=O)[C@H](CO)NC(=O)[C@@H](Cc1ccccc1)NC(=O)[C@@H](Cc1ccc(Cl)cc1)NC(=O)[C@@H](Cc1ccc2ccccc2c1)NC(N)=O)C(=O)N[C@@H](CCCNC(=N)N)C(=O)N1CCC[C@H]1C(=O)N[C@H](C)C(N)=O. The number of hydrogen-bond acceptors (Lipinski definition) is 20. The summed E-state index contributed by atoms with van der Waals surface area (Å²) in [6.07, 6.45) is -0.654. The third kappa shape index (κ3) is 31.2. The van der Waals surface area contributed by atoms with E-state index in [0.717, 1.165) is 21.2 Å². The van der Waals surface area contributed by atoms with Crippen molar-refractivity contribution in [3.8, 4) is 0 Å². The van der Waals surface area contributed by atoms with Crippen LogP contribution in [0.4, 0.5) is 4.79 Å². The van der Waals surface area contributed by atoms with Crippen molar-refractivity contribution in [2.24, 2.45) is 33.4 Å². The van der Waals surface area contributed by atoms with Gasteiger partial charge in [-0.25, -0.2) is 31.9 Å². The van der Waals surface area contributed by atoms with Gasteiger partial charge in [-0.1, -0.05) is 159 Å². The van der Waals surface area contributed by atoms with Crippen molar-refractivity contribution in [2.75, 3.05) is 57.8 Å². The molecule has 36 nitrogen and oxygen atoms in total. The second-order valence-electron chi connectivity index (χ2n) is 30.4. The maximum atomic E-state index is 15.6. The van der Waals surface area contributed by atoms with E-state index in [0.29, 0.717) is 77.7 Å². The molecule has 648 valence electrons. The van der Waals surface area contributed by atoms with Crippen molar-refractivity contribution in [3.63, 3.8) is 0 Å². The molecule has 120 heavy (non-hydrogen) atoms. The van der Waals surface area contributed by atoms with E-state index in [9.17, 15) is 50.7 Å². The number of rotatable bonds is 44. The number of amides is 12. The Balaban J connectivity index is 1.12. The first-order chi connectivity index (χ1) is 56.9. The zero-order valence-corrected chi connectivity index (χ0v) is 69.3. The molecule has 6 aromatic carbocycles. The normalized spacial score (nSPS) is 16.0. The number of carbonyl (C=O) groups excluding carboxylic acids is 11. The molecule has 0 unspecified atom stereocenters. The lowest BCUT2D eigenvalue weighted by Gasteiger charge is -2.31. The van der Waals surface area contributed by atoms with Gasteiger partial charge in [0.15, 0.2) is 5.96 Å². The maximum absolute atomic E-state index is 15.6. The summed E-state index contributed by atoms with van der Waals surface area (Å²) in [4.78, 5) is 163. The molecule has 39 heteroatoms. The fraction of sp³-hybridized carbons (Fsp3) is 0.432. The van der Waals surface area contributed by atoms with Crippen LogP contribution in [0.5, 0.6) is 0 Å². The van der Waals surface area contributed by atoms with E-state index in [1.54, 1.807) is 86.6 Å². The fourth-order valence-corrected chi connectivity index (χ4v) is 15.6. The van der Waals surface area contributed by atoms with Crippen LogP contribution in [0.3, 0.4) is 0 Å². The minimum absolute atomic E-state index is 0.0657. The summed E-state index contributed by atoms with van der Waals surface area (Å²) in [6, 6.07) is 25.2. The number of nitrogens with zero attached hydrogens (tertiary/aromatic N) is 3. The van der Waals surface area contributed by atoms with Gasteiger partial charge >= 0.3 is 6.03 Å². The van der Waals surface area contributed by atoms with Crippen LogP contribution in [0.25, 0.3) is 10.8 Å². The first kappa shape index (κ1) is 94.3. The third-order valence-electron chi connectivity index (χ3n) is 20.0. The summed E-state index contributed by atoms with van der Waals surface area (Å²) in [5.41, 5.74) is 20.3. The zero-order chi connectivity index (χ0) is 87.4. The number of morpholine rings is 1. The lowest BCUT2D eigenvalue weighted by molar-refractivity contribution is -0.142. The molecule has 2 aliphatic rings. The summed E-state index contributed by atoms with van der Waals surface area (Å²) < 4.78 is 54.5. The topological polar surface area (TPSA) is 569 Å². The van der Waals surface area contributed by atoms with Gasteiger partial charge in [0.05, 0.1) is 19.8 Å². The average Bonchev–Trinajstić information content (AvgIpc) is 1.38. The number of fused-ring (bicyclic) bond motifs is 1. The number of urea groups is 1. The van der Waals surface area contributed by atoms with Gasteiger partial charge in [-0.2, -0.15) is 0 Å². The van der Waals surface area contributed by atoms with Crippen LogP contribution < -0.4 is 80.6 Å². The smallest absolute Gasteiger partial charge is 0.312 e. The predicted molar refractivity (Wildman–Crippen MR) is 448 cm³/mol. The molecule has 0 radical (unpaired) electrons. The number of nitrogens with two attached hydrogens (primary N) is 5. The van der Waals surface area contributed by atoms with E-state index in [1.807, 2.05) is 48.5 Å². The highest BCUT2D eigenvalue weighted by molar-refractivity contribution is 7.89. The van der Waals surface area contributed by atoms with Gasteiger partial charge in [0.1, 0.15) is 72.2 Å². The Kier molecular flexibility index (Phi) is 35.5. The van der Waals surface area contributed by atoms with Crippen molar-refractivity contribution < 1.29 is 79.4 Å². The van der Waals surface area contributed by atoms with Gasteiger partial charge in [0.25, 0.3) is 0 Å². The van der Waals surface area contributed by atoms with Crippen LogP contribution in [0, 0.1) is 11.3 Å². The fourth-order valence-electron chi connectivity index (χ4n) is 13.9. The van der Waals surface area contributed by atoms with E-state index >= 15 is 24.0 Å². The molecule has 2 fully saturated rings. The number of aliphatic hydroxyl groups excluding tert-OH is 1. The lowest BCUT2D eigenvalue weighted by atomic mass is 9.99. The number of primary sulfonamides is 2. The number of ether oxygens (including phenoxy) is 1. The summed E-state index contributed by atoms with van der Waals surface area (Å²) in [7, 11) is -8.58. The maximum Gasteiger partial charge on any atom is 0.312 e. The van der Waals surface area contributed by atoms with Crippen molar-refractivity contribution in [2.45, 2.75) is 158 Å². The highest BCUT2D eigenvalue weighted by Gasteiger charge is 2.41. The highest BCUT2D eigenvalue weighted by Crippen LogP contribution is 2.23. The third-order valence-corrected chi connectivity index (χ3v) is 21.7. The van der Waals surface area contributed by atoms with Crippen molar-refractivity contribution in [3.05, 3.63) is 190 Å². The Hall–Kier alpha value is -11.2. The first-order valence-corrected chi connectivity index (χ1v) is 43.0. The van der Waals surface area contributed by atoms with Crippen molar-refractivity contribution >= 4 is 113 Å². The van der Waals surface area contributed by atoms with Gasteiger partial charge in [-0.15, -0.1) is 0 Å². The van der Waals surface area contributed by atoms with Gasteiger partial charge in [0, 0.05) is 76.4 Å². The highest BCUT2D eigenvalue weighted by atomic mass is 35.5. The van der Waals surface area contributed by atoms with Crippen molar-refractivity contribution in [1.29, 1.82) is 5.41 Å². The largest absolute Gasteiger partial charge is 0.394 e. The number of nitrogens with one attached hydrogen (secondary N) is 11. The second kappa shape index (κ2) is 45.3. The standard InChI is InChI=1S/C81H108ClN19O17S2/c1-49(2)37-62(71(104)91-61(15-9-31-89-80(84)85)79(112)101-32-10-16-69(101)78(111)90-50(3)70(83)103)92-72(105)64(40-53-19-23-56(24-20-53)45-100(47-119(87,114)115)48-120(88,116)117)94-74(107)66(41-52-17-21-55(22-18-52)44-99-33-35-118-36-34-99)96-77(110)68(46-102)97-75(108)63(39-51-11-5-4-6-12-51)93-73(106)65(42-54-26-29-60(82)30-27-54)95-76(109)67(98-81(86)113)43-57-25-28-58-13-7-8-14-59(58)38-57/h4-8,11-14,17-30,38,49-50,61-69,102H,9-10,15-16,31-37,39-48H2,1-3H3,(H2,83,103)(H,90,111)(H,91,104)(H,92,105)(H,93,106)(H,94,107)(H,95,109)(H,96,110)(H,97,108)(H4,84,85,89)(H3,86,98,113)(H2,87,114,115)(H2,88,116,117)/t50-,61+,62+,63-,64-,65-,66+,67-,68+,69+/m1/s1. The lowest BCUT2D eigenvalue weighted by Crippen LogP contribution is -2.62. The molecule has 0 bridgehead atoms. The van der Waals surface area contributed by atoms with Gasteiger partial charge in [0.2, 0.25) is 79.1 Å². The zero-order valence-electron chi connectivity index (χ0n) is 67.0. The molecule has 2 aliphatic heterocycles. The van der Waals surface area contributed by atoms with E-state index in [2.05, 4.69) is 58.1 Å². The van der Waals surface area contributed by atoms with E-state index < -0.39 is 170 Å².